The predicted molar refractivity (Wildman–Crippen MR) is 80.9 cm³/mol. The lowest BCUT2D eigenvalue weighted by atomic mass is 10.2. The third kappa shape index (κ3) is 4.68. The summed E-state index contributed by atoms with van der Waals surface area (Å²) in [4.78, 5) is 13.0. The minimum absolute atomic E-state index is 0.0239. The van der Waals surface area contributed by atoms with Crippen LogP contribution in [0, 0.1) is 5.92 Å². The SMILES string of the molecule is CC(C)C(=O)NCCNCc1cnn(-c2ccccc2)n1. The van der Waals surface area contributed by atoms with Crippen LogP contribution in [0.3, 0.4) is 0 Å². The highest BCUT2D eigenvalue weighted by Gasteiger charge is 2.05. The average Bonchev–Trinajstić information content (AvgIpc) is 2.96. The van der Waals surface area contributed by atoms with Gasteiger partial charge in [0.05, 0.1) is 17.6 Å². The van der Waals surface area contributed by atoms with Crippen LogP contribution in [0.2, 0.25) is 0 Å². The molecule has 0 unspecified atom stereocenters. The first kappa shape index (κ1) is 15.2. The molecule has 6 nitrogen and oxygen atoms in total. The molecule has 1 amide bonds. The second-order valence-electron chi connectivity index (χ2n) is 5.08. The van der Waals surface area contributed by atoms with Gasteiger partial charge in [-0.2, -0.15) is 15.0 Å². The molecule has 0 fully saturated rings. The summed E-state index contributed by atoms with van der Waals surface area (Å²) in [6.07, 6.45) is 1.74. The monoisotopic (exact) mass is 287 g/mol. The molecule has 2 N–H and O–H groups in total. The molecule has 2 rings (SSSR count). The number of carbonyl (C=O) groups excluding carboxylic acids is 1. The van der Waals surface area contributed by atoms with Crippen molar-refractivity contribution in [3.05, 3.63) is 42.2 Å². The Bertz CT molecular complexity index is 564. The molecule has 112 valence electrons. The van der Waals surface area contributed by atoms with Crippen molar-refractivity contribution in [2.45, 2.75) is 20.4 Å². The van der Waals surface area contributed by atoms with Gasteiger partial charge in [0, 0.05) is 25.6 Å². The van der Waals surface area contributed by atoms with E-state index in [1.807, 2.05) is 44.2 Å². The number of carbonyl (C=O) groups is 1. The van der Waals surface area contributed by atoms with E-state index in [-0.39, 0.29) is 11.8 Å². The molecule has 0 aliphatic rings. The topological polar surface area (TPSA) is 71.8 Å². The Morgan fingerprint density at radius 3 is 2.71 bits per heavy atom. The normalized spacial score (nSPS) is 10.8. The zero-order chi connectivity index (χ0) is 15.1. The van der Waals surface area contributed by atoms with Gasteiger partial charge in [0.25, 0.3) is 0 Å². The number of aromatic nitrogens is 3. The van der Waals surface area contributed by atoms with Crippen molar-refractivity contribution in [2.24, 2.45) is 5.92 Å². The van der Waals surface area contributed by atoms with Crippen LogP contribution in [0.15, 0.2) is 36.5 Å². The number of hydrogen-bond donors (Lipinski definition) is 2. The Morgan fingerprint density at radius 2 is 2.00 bits per heavy atom. The van der Waals surface area contributed by atoms with Gasteiger partial charge in [0.2, 0.25) is 5.91 Å². The fourth-order valence-electron chi connectivity index (χ4n) is 1.76. The van der Waals surface area contributed by atoms with E-state index in [9.17, 15) is 4.79 Å². The average molecular weight is 287 g/mol. The molecule has 0 radical (unpaired) electrons. The van der Waals surface area contributed by atoms with Crippen LogP contribution in [0.1, 0.15) is 19.5 Å². The van der Waals surface area contributed by atoms with E-state index in [1.165, 1.54) is 0 Å². The molecule has 0 bridgehead atoms. The van der Waals surface area contributed by atoms with Gasteiger partial charge in [-0.3, -0.25) is 4.79 Å². The van der Waals surface area contributed by atoms with Gasteiger partial charge in [0.15, 0.2) is 0 Å². The molecule has 1 aromatic carbocycles. The Hall–Kier alpha value is -2.21. The number of amides is 1. The van der Waals surface area contributed by atoms with E-state index >= 15 is 0 Å². The summed E-state index contributed by atoms with van der Waals surface area (Å²) in [5.74, 6) is 0.0996. The first-order chi connectivity index (χ1) is 10.2. The molecule has 21 heavy (non-hydrogen) atoms. The highest BCUT2D eigenvalue weighted by atomic mass is 16.1. The maximum absolute atomic E-state index is 11.4. The number of benzene rings is 1. The number of nitrogens with zero attached hydrogens (tertiary/aromatic N) is 3. The molecule has 0 saturated carbocycles. The third-order valence-electron chi connectivity index (χ3n) is 2.96. The molecule has 1 heterocycles. The summed E-state index contributed by atoms with van der Waals surface area (Å²) in [6, 6.07) is 9.78. The fraction of sp³-hybridized carbons (Fsp3) is 0.400. The lowest BCUT2D eigenvalue weighted by Crippen LogP contribution is -2.34. The van der Waals surface area contributed by atoms with Crippen molar-refractivity contribution in [2.75, 3.05) is 13.1 Å². The fourth-order valence-corrected chi connectivity index (χ4v) is 1.76. The Morgan fingerprint density at radius 1 is 1.24 bits per heavy atom. The first-order valence-electron chi connectivity index (χ1n) is 7.12. The number of para-hydroxylation sites is 1. The predicted octanol–water partition coefficient (Wildman–Crippen LogP) is 1.13. The molecule has 0 aliphatic carbocycles. The molecule has 6 heteroatoms. The van der Waals surface area contributed by atoms with Crippen molar-refractivity contribution >= 4 is 5.91 Å². The van der Waals surface area contributed by atoms with Crippen molar-refractivity contribution < 1.29 is 4.79 Å². The molecular formula is C15H21N5O. The van der Waals surface area contributed by atoms with E-state index in [0.717, 1.165) is 11.4 Å². The van der Waals surface area contributed by atoms with Crippen molar-refractivity contribution in [3.8, 4) is 5.69 Å². The van der Waals surface area contributed by atoms with Crippen LogP contribution in [0.25, 0.3) is 5.69 Å². The molecule has 1 aromatic heterocycles. The summed E-state index contributed by atoms with van der Waals surface area (Å²) in [5, 5.41) is 14.7. The minimum Gasteiger partial charge on any atom is -0.355 e. The standard InChI is InChI=1S/C15H21N5O/c1-12(2)15(21)17-9-8-16-10-13-11-18-20(19-13)14-6-4-3-5-7-14/h3-7,11-12,16H,8-10H2,1-2H3,(H,17,21). The maximum atomic E-state index is 11.4. The highest BCUT2D eigenvalue weighted by molar-refractivity contribution is 5.77. The number of hydrogen-bond acceptors (Lipinski definition) is 4. The van der Waals surface area contributed by atoms with Crippen LogP contribution < -0.4 is 10.6 Å². The Kier molecular flexibility index (Phi) is 5.45. The molecular weight excluding hydrogens is 266 g/mol. The van der Waals surface area contributed by atoms with Gasteiger partial charge in [-0.15, -0.1) is 0 Å². The summed E-state index contributed by atoms with van der Waals surface area (Å²) in [7, 11) is 0. The summed E-state index contributed by atoms with van der Waals surface area (Å²) in [6.45, 7) is 5.71. The van der Waals surface area contributed by atoms with Crippen molar-refractivity contribution in [1.29, 1.82) is 0 Å². The molecule has 0 saturated heterocycles. The van der Waals surface area contributed by atoms with E-state index < -0.39 is 0 Å². The van der Waals surface area contributed by atoms with Crippen LogP contribution >= 0.6 is 0 Å². The smallest absolute Gasteiger partial charge is 0.222 e. The van der Waals surface area contributed by atoms with Gasteiger partial charge in [0.1, 0.15) is 0 Å². The van der Waals surface area contributed by atoms with E-state index in [0.29, 0.717) is 19.6 Å². The summed E-state index contributed by atoms with van der Waals surface area (Å²) >= 11 is 0. The number of rotatable bonds is 7. The molecule has 0 aliphatic heterocycles. The van der Waals surface area contributed by atoms with Gasteiger partial charge < -0.3 is 10.6 Å². The van der Waals surface area contributed by atoms with Gasteiger partial charge in [-0.1, -0.05) is 32.0 Å². The van der Waals surface area contributed by atoms with Crippen LogP contribution in [-0.4, -0.2) is 34.0 Å². The first-order valence-corrected chi connectivity index (χ1v) is 7.12. The maximum Gasteiger partial charge on any atom is 0.222 e. The lowest BCUT2D eigenvalue weighted by molar-refractivity contribution is -0.123. The van der Waals surface area contributed by atoms with E-state index in [2.05, 4.69) is 20.8 Å². The molecule has 0 atom stereocenters. The van der Waals surface area contributed by atoms with Gasteiger partial charge >= 0.3 is 0 Å². The Balaban J connectivity index is 1.73. The Labute approximate surface area is 124 Å². The van der Waals surface area contributed by atoms with E-state index in [1.54, 1.807) is 11.0 Å². The second-order valence-corrected chi connectivity index (χ2v) is 5.08. The second kappa shape index (κ2) is 7.54. The van der Waals surface area contributed by atoms with Crippen LogP contribution in [0.4, 0.5) is 0 Å². The quantitative estimate of drug-likeness (QED) is 0.749. The van der Waals surface area contributed by atoms with Gasteiger partial charge in [-0.05, 0) is 12.1 Å². The third-order valence-corrected chi connectivity index (χ3v) is 2.96. The highest BCUT2D eigenvalue weighted by Crippen LogP contribution is 2.03. The summed E-state index contributed by atoms with van der Waals surface area (Å²) in [5.41, 5.74) is 1.81. The minimum atomic E-state index is 0.0239. The lowest BCUT2D eigenvalue weighted by Gasteiger charge is -2.07. The zero-order valence-corrected chi connectivity index (χ0v) is 12.4. The van der Waals surface area contributed by atoms with Crippen LogP contribution in [0.5, 0.6) is 0 Å². The number of nitrogens with one attached hydrogen (secondary N) is 2. The zero-order valence-electron chi connectivity index (χ0n) is 12.4. The molecule has 0 spiro atoms. The largest absolute Gasteiger partial charge is 0.355 e. The van der Waals surface area contributed by atoms with Crippen molar-refractivity contribution in [3.63, 3.8) is 0 Å². The van der Waals surface area contributed by atoms with Crippen LogP contribution in [-0.2, 0) is 11.3 Å². The van der Waals surface area contributed by atoms with Gasteiger partial charge in [-0.25, -0.2) is 0 Å². The molecule has 2 aromatic rings. The van der Waals surface area contributed by atoms with Crippen molar-refractivity contribution in [1.82, 2.24) is 25.6 Å². The van der Waals surface area contributed by atoms with E-state index in [4.69, 9.17) is 0 Å². The summed E-state index contributed by atoms with van der Waals surface area (Å²) < 4.78 is 0.